The number of thiophene rings is 1. The molecule has 3 rings (SSSR count). The van der Waals surface area contributed by atoms with Crippen LogP contribution in [-0.2, 0) is 12.2 Å². The summed E-state index contributed by atoms with van der Waals surface area (Å²) in [6, 6.07) is 7.62. The van der Waals surface area contributed by atoms with Crippen molar-refractivity contribution in [2.75, 3.05) is 11.1 Å². The highest BCUT2D eigenvalue weighted by atomic mass is 127. The van der Waals surface area contributed by atoms with Crippen molar-refractivity contribution in [2.45, 2.75) is 12.2 Å². The smallest absolute Gasteiger partial charge is 0.265 e. The summed E-state index contributed by atoms with van der Waals surface area (Å²) in [5.74, 6) is 2.10. The molecule has 0 aliphatic carbocycles. The number of benzene rings is 1. The first kappa shape index (κ1) is 14.7. The highest BCUT2D eigenvalue weighted by Crippen LogP contribution is 2.32. The number of carbonyl (C=O) groups is 1. The quantitative estimate of drug-likeness (QED) is 0.669. The third kappa shape index (κ3) is 3.16. The number of hydrogen-bond acceptors (Lipinski definition) is 3. The first-order valence-electron chi connectivity index (χ1n) is 6.09. The van der Waals surface area contributed by atoms with Crippen LogP contribution in [0.15, 0.2) is 24.3 Å². The largest absolute Gasteiger partial charge is 0.320 e. The van der Waals surface area contributed by atoms with Gasteiger partial charge in [-0.2, -0.15) is 11.8 Å². The van der Waals surface area contributed by atoms with E-state index in [4.69, 9.17) is 11.6 Å². The lowest BCUT2D eigenvalue weighted by Crippen LogP contribution is -2.10. The van der Waals surface area contributed by atoms with E-state index in [-0.39, 0.29) is 5.91 Å². The summed E-state index contributed by atoms with van der Waals surface area (Å²) >= 11 is 11.9. The third-order valence-electron chi connectivity index (χ3n) is 3.03. The van der Waals surface area contributed by atoms with Gasteiger partial charge < -0.3 is 5.32 Å². The number of aryl methyl sites for hydroxylation is 1. The lowest BCUT2D eigenvalue weighted by atomic mass is 10.2. The molecule has 1 aromatic heterocycles. The van der Waals surface area contributed by atoms with Gasteiger partial charge in [-0.15, -0.1) is 11.3 Å². The Morgan fingerprint density at radius 1 is 1.35 bits per heavy atom. The zero-order valence-electron chi connectivity index (χ0n) is 10.4. The van der Waals surface area contributed by atoms with Gasteiger partial charge in [0.1, 0.15) is 0 Å². The van der Waals surface area contributed by atoms with Crippen LogP contribution in [-0.4, -0.2) is 11.7 Å². The Bertz CT molecular complexity index is 648. The molecular weight excluding hydrogens is 425 g/mol. The minimum Gasteiger partial charge on any atom is -0.320 e. The summed E-state index contributed by atoms with van der Waals surface area (Å²) in [5, 5.41) is 3.46. The van der Waals surface area contributed by atoms with Gasteiger partial charge in [0.2, 0.25) is 0 Å². The number of carbonyl (C=O) groups excluding carboxylic acids is 1. The van der Waals surface area contributed by atoms with Gasteiger partial charge in [-0.25, -0.2) is 0 Å². The number of nitrogens with one attached hydrogen (secondary N) is 1. The van der Waals surface area contributed by atoms with Crippen LogP contribution in [0.4, 0.5) is 5.69 Å². The maximum atomic E-state index is 12.3. The molecule has 1 N–H and O–H groups in total. The Kier molecular flexibility index (Phi) is 4.59. The first-order valence-corrected chi connectivity index (χ1v) is 9.52. The second kappa shape index (κ2) is 6.25. The molecule has 0 radical (unpaired) electrons. The van der Waals surface area contributed by atoms with Gasteiger partial charge >= 0.3 is 0 Å². The second-order valence-corrected chi connectivity index (χ2v) is 8.33. The molecule has 0 atom stereocenters. The first-order chi connectivity index (χ1) is 9.63. The van der Waals surface area contributed by atoms with Crippen LogP contribution in [0.3, 0.4) is 0 Å². The van der Waals surface area contributed by atoms with Crippen LogP contribution in [0.2, 0.25) is 5.02 Å². The van der Waals surface area contributed by atoms with Crippen molar-refractivity contribution in [1.82, 2.24) is 0 Å². The topological polar surface area (TPSA) is 29.1 Å². The van der Waals surface area contributed by atoms with Crippen molar-refractivity contribution in [1.29, 1.82) is 0 Å². The number of anilines is 1. The molecule has 0 saturated carbocycles. The van der Waals surface area contributed by atoms with E-state index in [1.807, 2.05) is 36.0 Å². The zero-order valence-corrected chi connectivity index (χ0v) is 15.0. The van der Waals surface area contributed by atoms with E-state index in [1.54, 1.807) is 11.3 Å². The summed E-state index contributed by atoms with van der Waals surface area (Å²) in [7, 11) is 0. The molecule has 1 aromatic carbocycles. The van der Waals surface area contributed by atoms with E-state index < -0.39 is 0 Å². The molecule has 0 unspecified atom stereocenters. The highest BCUT2D eigenvalue weighted by molar-refractivity contribution is 14.1. The standard InChI is InChI=1S/C14H11ClINOS2/c15-10-6-9(16)1-2-11(10)17-14(18)13-5-8-7-19-4-3-12(8)20-13/h1-2,5-6H,3-4,7H2,(H,17,18). The predicted octanol–water partition coefficient (Wildman–Crippen LogP) is 5.05. The average Bonchev–Trinajstić information content (AvgIpc) is 2.86. The van der Waals surface area contributed by atoms with Crippen molar-refractivity contribution >= 4 is 68.9 Å². The third-order valence-corrected chi connectivity index (χ3v) is 6.26. The lowest BCUT2D eigenvalue weighted by molar-refractivity contribution is 0.103. The van der Waals surface area contributed by atoms with Gasteiger partial charge in [-0.3, -0.25) is 4.79 Å². The van der Waals surface area contributed by atoms with Gasteiger partial charge in [-0.1, -0.05) is 11.6 Å². The Labute approximate surface area is 144 Å². The fourth-order valence-corrected chi connectivity index (χ4v) is 5.20. The van der Waals surface area contributed by atoms with Crippen LogP contribution >= 0.6 is 57.3 Å². The monoisotopic (exact) mass is 435 g/mol. The van der Waals surface area contributed by atoms with E-state index in [2.05, 4.69) is 27.9 Å². The normalized spacial score (nSPS) is 13.9. The number of amides is 1. The molecule has 6 heteroatoms. The van der Waals surface area contributed by atoms with Crippen LogP contribution in [0, 0.1) is 3.57 Å². The Morgan fingerprint density at radius 3 is 2.95 bits per heavy atom. The van der Waals surface area contributed by atoms with Gasteiger partial charge in [-0.05, 0) is 64.6 Å². The minimum atomic E-state index is -0.0718. The molecule has 2 nitrogen and oxygen atoms in total. The van der Waals surface area contributed by atoms with Crippen molar-refractivity contribution in [3.05, 3.63) is 48.2 Å². The molecule has 2 aromatic rings. The molecule has 2 heterocycles. The summed E-state index contributed by atoms with van der Waals surface area (Å²) in [6.45, 7) is 0. The summed E-state index contributed by atoms with van der Waals surface area (Å²) in [4.78, 5) is 14.4. The second-order valence-electron chi connectivity index (χ2n) is 4.44. The van der Waals surface area contributed by atoms with Crippen LogP contribution < -0.4 is 5.32 Å². The van der Waals surface area contributed by atoms with Gasteiger partial charge in [0.25, 0.3) is 5.91 Å². The summed E-state index contributed by atoms with van der Waals surface area (Å²) < 4.78 is 1.05. The number of fused-ring (bicyclic) bond motifs is 1. The number of rotatable bonds is 2. The average molecular weight is 436 g/mol. The summed E-state index contributed by atoms with van der Waals surface area (Å²) in [5.41, 5.74) is 1.97. The van der Waals surface area contributed by atoms with E-state index in [0.29, 0.717) is 10.7 Å². The van der Waals surface area contributed by atoms with Crippen LogP contribution in [0.25, 0.3) is 0 Å². The SMILES string of the molecule is O=C(Nc1ccc(I)cc1Cl)c1cc2c(s1)CCSC2. The zero-order chi connectivity index (χ0) is 14.1. The van der Waals surface area contributed by atoms with Gasteiger partial charge in [0.15, 0.2) is 0 Å². The Morgan fingerprint density at radius 2 is 2.20 bits per heavy atom. The molecular formula is C14H11ClINOS2. The highest BCUT2D eigenvalue weighted by Gasteiger charge is 2.18. The number of halogens is 2. The summed E-state index contributed by atoms with van der Waals surface area (Å²) in [6.07, 6.45) is 1.07. The van der Waals surface area contributed by atoms with E-state index in [1.165, 1.54) is 10.4 Å². The van der Waals surface area contributed by atoms with E-state index >= 15 is 0 Å². The fourth-order valence-electron chi connectivity index (χ4n) is 2.03. The fraction of sp³-hybridized carbons (Fsp3) is 0.214. The van der Waals surface area contributed by atoms with E-state index in [9.17, 15) is 4.79 Å². The van der Waals surface area contributed by atoms with Crippen molar-refractivity contribution < 1.29 is 4.79 Å². The van der Waals surface area contributed by atoms with E-state index in [0.717, 1.165) is 26.4 Å². The van der Waals surface area contributed by atoms with Crippen molar-refractivity contribution in [3.8, 4) is 0 Å². The molecule has 0 bridgehead atoms. The Balaban J connectivity index is 1.80. The molecule has 20 heavy (non-hydrogen) atoms. The van der Waals surface area contributed by atoms with Crippen molar-refractivity contribution in [2.24, 2.45) is 0 Å². The van der Waals surface area contributed by atoms with Gasteiger partial charge in [0.05, 0.1) is 15.6 Å². The predicted molar refractivity (Wildman–Crippen MR) is 96.3 cm³/mol. The Hall–Kier alpha value is -0.240. The molecule has 1 aliphatic heterocycles. The number of thioether (sulfide) groups is 1. The minimum absolute atomic E-state index is 0.0718. The molecule has 0 fully saturated rings. The molecule has 104 valence electrons. The molecule has 0 spiro atoms. The van der Waals surface area contributed by atoms with Crippen LogP contribution in [0.1, 0.15) is 20.1 Å². The molecule has 0 saturated heterocycles. The maximum Gasteiger partial charge on any atom is 0.265 e. The van der Waals surface area contributed by atoms with Crippen LogP contribution in [0.5, 0.6) is 0 Å². The molecule has 1 amide bonds. The van der Waals surface area contributed by atoms with Gasteiger partial charge in [0, 0.05) is 14.2 Å². The van der Waals surface area contributed by atoms with Crippen molar-refractivity contribution in [3.63, 3.8) is 0 Å². The maximum absolute atomic E-state index is 12.3. The molecule has 1 aliphatic rings. The number of hydrogen-bond donors (Lipinski definition) is 1. The lowest BCUT2D eigenvalue weighted by Gasteiger charge is -2.08.